The summed E-state index contributed by atoms with van der Waals surface area (Å²) in [6.07, 6.45) is 10.1. The number of hydrogen-bond acceptors (Lipinski definition) is 2. The maximum Gasteiger partial charge on any atom is 0.168 e. The van der Waals surface area contributed by atoms with Gasteiger partial charge in [0, 0.05) is 23.2 Å². The monoisotopic (exact) mass is 285 g/mol. The van der Waals surface area contributed by atoms with Crippen molar-refractivity contribution in [1.82, 2.24) is 4.98 Å². The SMILES string of the molecule is COc1cccc2[nH]cc(C(=O)C3CCCCCCC3)c12. The molecule has 1 N–H and O–H groups in total. The Labute approximate surface area is 125 Å². The molecule has 21 heavy (non-hydrogen) atoms. The summed E-state index contributed by atoms with van der Waals surface area (Å²) in [7, 11) is 1.66. The second-order valence-corrected chi connectivity index (χ2v) is 5.99. The van der Waals surface area contributed by atoms with Crippen LogP contribution in [-0.4, -0.2) is 17.9 Å². The van der Waals surface area contributed by atoms with E-state index >= 15 is 0 Å². The number of hydrogen-bond donors (Lipinski definition) is 1. The van der Waals surface area contributed by atoms with Crippen molar-refractivity contribution in [2.75, 3.05) is 7.11 Å². The summed E-state index contributed by atoms with van der Waals surface area (Å²) in [5.74, 6) is 1.24. The van der Waals surface area contributed by atoms with Crippen LogP contribution in [0.4, 0.5) is 0 Å². The molecule has 1 heterocycles. The molecule has 0 atom stereocenters. The van der Waals surface area contributed by atoms with E-state index in [0.717, 1.165) is 35.1 Å². The van der Waals surface area contributed by atoms with Crippen molar-refractivity contribution >= 4 is 16.7 Å². The Hall–Kier alpha value is -1.77. The van der Waals surface area contributed by atoms with E-state index < -0.39 is 0 Å². The number of aromatic amines is 1. The second kappa shape index (κ2) is 6.33. The fourth-order valence-corrected chi connectivity index (χ4v) is 3.45. The molecule has 0 spiro atoms. The molecule has 0 unspecified atom stereocenters. The van der Waals surface area contributed by atoms with E-state index in [1.807, 2.05) is 24.4 Å². The van der Waals surface area contributed by atoms with Crippen molar-refractivity contribution < 1.29 is 9.53 Å². The van der Waals surface area contributed by atoms with Gasteiger partial charge >= 0.3 is 0 Å². The first-order valence-corrected chi connectivity index (χ1v) is 7.99. The average molecular weight is 285 g/mol. The third kappa shape index (κ3) is 2.82. The summed E-state index contributed by atoms with van der Waals surface area (Å²) >= 11 is 0. The molecule has 1 aliphatic carbocycles. The van der Waals surface area contributed by atoms with Gasteiger partial charge in [0.15, 0.2) is 5.78 Å². The number of rotatable bonds is 3. The third-order valence-electron chi connectivity index (χ3n) is 4.63. The van der Waals surface area contributed by atoms with Gasteiger partial charge in [0.1, 0.15) is 5.75 Å². The maximum absolute atomic E-state index is 12.9. The first-order chi connectivity index (χ1) is 10.3. The fourth-order valence-electron chi connectivity index (χ4n) is 3.45. The van der Waals surface area contributed by atoms with Crippen LogP contribution in [0.1, 0.15) is 55.3 Å². The molecule has 1 fully saturated rings. The Morgan fingerprint density at radius 3 is 2.57 bits per heavy atom. The molecule has 112 valence electrons. The topological polar surface area (TPSA) is 42.1 Å². The number of carbonyl (C=O) groups excluding carboxylic acids is 1. The molecule has 1 aromatic carbocycles. The summed E-state index contributed by atoms with van der Waals surface area (Å²) in [5, 5.41) is 0.937. The number of nitrogens with one attached hydrogen (secondary N) is 1. The highest BCUT2D eigenvalue weighted by atomic mass is 16.5. The zero-order chi connectivity index (χ0) is 14.7. The van der Waals surface area contributed by atoms with E-state index in [0.29, 0.717) is 0 Å². The molecular formula is C18H23NO2. The first-order valence-electron chi connectivity index (χ1n) is 7.99. The van der Waals surface area contributed by atoms with Gasteiger partial charge in [-0.3, -0.25) is 4.79 Å². The zero-order valence-electron chi connectivity index (χ0n) is 12.7. The number of ketones is 1. The molecule has 0 amide bonds. The van der Waals surface area contributed by atoms with Crippen LogP contribution in [-0.2, 0) is 0 Å². The molecule has 1 aromatic heterocycles. The number of aromatic nitrogens is 1. The summed E-state index contributed by atoms with van der Waals surface area (Å²) < 4.78 is 5.44. The van der Waals surface area contributed by atoms with Crippen LogP contribution in [0.2, 0.25) is 0 Å². The van der Waals surface area contributed by atoms with Gasteiger partial charge < -0.3 is 9.72 Å². The van der Waals surface area contributed by atoms with Gasteiger partial charge in [-0.2, -0.15) is 0 Å². The van der Waals surface area contributed by atoms with E-state index in [2.05, 4.69) is 4.98 Å². The van der Waals surface area contributed by atoms with Crippen LogP contribution >= 0.6 is 0 Å². The Morgan fingerprint density at radius 1 is 1.14 bits per heavy atom. The zero-order valence-corrected chi connectivity index (χ0v) is 12.7. The normalized spacial score (nSPS) is 17.4. The largest absolute Gasteiger partial charge is 0.496 e. The highest BCUT2D eigenvalue weighted by Crippen LogP contribution is 2.32. The Morgan fingerprint density at radius 2 is 1.86 bits per heavy atom. The lowest BCUT2D eigenvalue weighted by Crippen LogP contribution is -2.16. The highest BCUT2D eigenvalue weighted by Gasteiger charge is 2.24. The number of benzene rings is 1. The molecule has 0 aliphatic heterocycles. The quantitative estimate of drug-likeness (QED) is 0.829. The van der Waals surface area contributed by atoms with Gasteiger partial charge in [-0.15, -0.1) is 0 Å². The Balaban J connectivity index is 1.93. The number of carbonyl (C=O) groups is 1. The van der Waals surface area contributed by atoms with Gasteiger partial charge in [-0.25, -0.2) is 0 Å². The predicted molar refractivity (Wildman–Crippen MR) is 85.0 cm³/mol. The standard InChI is InChI=1S/C18H23NO2/c1-21-16-11-7-10-15-17(16)14(12-19-15)18(20)13-8-5-3-2-4-6-9-13/h7,10-13,19H,2-6,8-9H2,1H3. The fraction of sp³-hybridized carbons (Fsp3) is 0.500. The summed E-state index contributed by atoms with van der Waals surface area (Å²) in [6, 6.07) is 5.86. The van der Waals surface area contributed by atoms with Gasteiger partial charge in [0.05, 0.1) is 12.5 Å². The molecule has 0 saturated heterocycles. The molecule has 3 nitrogen and oxygen atoms in total. The summed E-state index contributed by atoms with van der Waals surface area (Å²) in [4.78, 5) is 16.1. The van der Waals surface area contributed by atoms with Crippen LogP contribution in [0.25, 0.3) is 10.9 Å². The molecule has 1 aliphatic rings. The van der Waals surface area contributed by atoms with E-state index in [1.165, 1.54) is 32.1 Å². The van der Waals surface area contributed by atoms with Gasteiger partial charge in [0.2, 0.25) is 0 Å². The maximum atomic E-state index is 12.9. The molecule has 0 bridgehead atoms. The second-order valence-electron chi connectivity index (χ2n) is 5.99. The minimum Gasteiger partial charge on any atom is -0.496 e. The number of fused-ring (bicyclic) bond motifs is 1. The predicted octanol–water partition coefficient (Wildman–Crippen LogP) is 4.72. The number of ether oxygens (including phenoxy) is 1. The van der Waals surface area contributed by atoms with Gasteiger partial charge in [-0.05, 0) is 25.0 Å². The van der Waals surface area contributed by atoms with E-state index in [4.69, 9.17) is 4.74 Å². The Kier molecular flexibility index (Phi) is 4.28. The van der Waals surface area contributed by atoms with Crippen molar-refractivity contribution in [1.29, 1.82) is 0 Å². The average Bonchev–Trinajstić information content (AvgIpc) is 2.90. The van der Waals surface area contributed by atoms with Crippen molar-refractivity contribution in [3.05, 3.63) is 30.0 Å². The molecule has 0 radical (unpaired) electrons. The van der Waals surface area contributed by atoms with Crippen LogP contribution < -0.4 is 4.74 Å². The molecule has 2 aromatic rings. The molecule has 3 rings (SSSR count). The van der Waals surface area contributed by atoms with Crippen molar-refractivity contribution in [2.24, 2.45) is 5.92 Å². The minimum absolute atomic E-state index is 0.175. The van der Waals surface area contributed by atoms with Crippen molar-refractivity contribution in [3.8, 4) is 5.75 Å². The van der Waals surface area contributed by atoms with Crippen molar-refractivity contribution in [2.45, 2.75) is 44.9 Å². The van der Waals surface area contributed by atoms with E-state index in [-0.39, 0.29) is 11.7 Å². The first kappa shape index (κ1) is 14.2. The van der Waals surface area contributed by atoms with Crippen LogP contribution in [0, 0.1) is 5.92 Å². The van der Waals surface area contributed by atoms with Gasteiger partial charge in [0.25, 0.3) is 0 Å². The smallest absolute Gasteiger partial charge is 0.168 e. The van der Waals surface area contributed by atoms with Crippen LogP contribution in [0.5, 0.6) is 5.75 Å². The Bertz CT molecular complexity index is 621. The van der Waals surface area contributed by atoms with Crippen LogP contribution in [0.15, 0.2) is 24.4 Å². The third-order valence-corrected chi connectivity index (χ3v) is 4.63. The van der Waals surface area contributed by atoms with Gasteiger partial charge in [-0.1, -0.05) is 38.2 Å². The van der Waals surface area contributed by atoms with Crippen LogP contribution in [0.3, 0.4) is 0 Å². The summed E-state index contributed by atoms with van der Waals surface area (Å²) in [6.45, 7) is 0. The minimum atomic E-state index is 0.175. The number of methoxy groups -OCH3 is 1. The van der Waals surface area contributed by atoms with E-state index in [9.17, 15) is 4.79 Å². The lowest BCUT2D eigenvalue weighted by molar-refractivity contribution is 0.0900. The van der Waals surface area contributed by atoms with Crippen molar-refractivity contribution in [3.63, 3.8) is 0 Å². The van der Waals surface area contributed by atoms with E-state index in [1.54, 1.807) is 7.11 Å². The highest BCUT2D eigenvalue weighted by molar-refractivity contribution is 6.10. The number of H-pyrrole nitrogens is 1. The lowest BCUT2D eigenvalue weighted by Gasteiger charge is -2.18. The molecular weight excluding hydrogens is 262 g/mol. The lowest BCUT2D eigenvalue weighted by atomic mass is 9.85. The molecule has 3 heteroatoms. The molecule has 1 saturated carbocycles. The number of Topliss-reactive ketones (excluding diaryl/α,β-unsaturated/α-hetero) is 1. The summed E-state index contributed by atoms with van der Waals surface area (Å²) in [5.41, 5.74) is 1.77.